The van der Waals surface area contributed by atoms with E-state index in [2.05, 4.69) is 25.3 Å². The van der Waals surface area contributed by atoms with E-state index in [4.69, 9.17) is 0 Å². The van der Waals surface area contributed by atoms with Crippen LogP contribution in [0, 0.1) is 12.8 Å². The molecule has 8 nitrogen and oxygen atoms in total. The summed E-state index contributed by atoms with van der Waals surface area (Å²) < 4.78 is 1.78. The number of carbonyl (C=O) groups excluding carboxylic acids is 1. The number of anilines is 1. The lowest BCUT2D eigenvalue weighted by Crippen LogP contribution is -2.49. The summed E-state index contributed by atoms with van der Waals surface area (Å²) in [4.78, 5) is 25.9. The van der Waals surface area contributed by atoms with Crippen LogP contribution in [0.15, 0.2) is 6.20 Å². The number of piperazine rings is 1. The van der Waals surface area contributed by atoms with Gasteiger partial charge in [-0.2, -0.15) is 5.10 Å². The van der Waals surface area contributed by atoms with E-state index in [1.54, 1.807) is 4.68 Å². The SMILES string of the molecule is Cc1nc(N2CCN(C(=O)CCC3CCNC3)CC2)c2cnn(C)c2n1.Cl.Cl. The second-order valence-electron chi connectivity index (χ2n) is 7.37. The minimum Gasteiger partial charge on any atom is -0.352 e. The maximum absolute atomic E-state index is 12.5. The Morgan fingerprint density at radius 1 is 1.21 bits per heavy atom. The van der Waals surface area contributed by atoms with Gasteiger partial charge >= 0.3 is 0 Å². The molecule has 1 N–H and O–H groups in total. The summed E-state index contributed by atoms with van der Waals surface area (Å²) in [6.07, 6.45) is 4.71. The maximum Gasteiger partial charge on any atom is 0.222 e. The fourth-order valence-corrected chi connectivity index (χ4v) is 3.97. The molecule has 2 saturated heterocycles. The molecule has 2 fully saturated rings. The lowest BCUT2D eigenvalue weighted by Gasteiger charge is -2.35. The summed E-state index contributed by atoms with van der Waals surface area (Å²) in [5.41, 5.74) is 0.858. The third-order valence-corrected chi connectivity index (χ3v) is 5.54. The Balaban J connectivity index is 0.00000140. The molecule has 0 saturated carbocycles. The van der Waals surface area contributed by atoms with Gasteiger partial charge in [0.15, 0.2) is 5.65 Å². The van der Waals surface area contributed by atoms with Crippen molar-refractivity contribution in [1.82, 2.24) is 30.0 Å². The number of halogens is 2. The van der Waals surface area contributed by atoms with Crippen LogP contribution in [-0.4, -0.2) is 69.8 Å². The summed E-state index contributed by atoms with van der Waals surface area (Å²) in [5.74, 6) is 2.65. The molecule has 0 aromatic carbocycles. The highest BCUT2D eigenvalue weighted by molar-refractivity contribution is 5.87. The Kier molecular flexibility index (Phi) is 7.86. The van der Waals surface area contributed by atoms with Crippen molar-refractivity contribution in [3.05, 3.63) is 12.0 Å². The van der Waals surface area contributed by atoms with Crippen LogP contribution in [0.2, 0.25) is 0 Å². The van der Waals surface area contributed by atoms with Crippen molar-refractivity contribution in [2.75, 3.05) is 44.2 Å². The van der Waals surface area contributed by atoms with Gasteiger partial charge in [-0.25, -0.2) is 9.97 Å². The molecule has 2 aromatic heterocycles. The minimum absolute atomic E-state index is 0. The van der Waals surface area contributed by atoms with E-state index in [9.17, 15) is 4.79 Å². The molecule has 1 unspecified atom stereocenters. The maximum atomic E-state index is 12.5. The first-order chi connectivity index (χ1) is 12.6. The van der Waals surface area contributed by atoms with Crippen molar-refractivity contribution in [3.8, 4) is 0 Å². The summed E-state index contributed by atoms with van der Waals surface area (Å²) in [7, 11) is 1.90. The number of aromatic nitrogens is 4. The molecule has 0 spiro atoms. The van der Waals surface area contributed by atoms with Crippen LogP contribution < -0.4 is 10.2 Å². The van der Waals surface area contributed by atoms with E-state index in [0.717, 1.165) is 68.4 Å². The molecule has 1 amide bonds. The number of hydrogen-bond donors (Lipinski definition) is 1. The topological polar surface area (TPSA) is 79.2 Å². The normalized spacial score (nSPS) is 19.4. The van der Waals surface area contributed by atoms with E-state index in [1.165, 1.54) is 6.42 Å². The molecule has 2 aliphatic heterocycles. The summed E-state index contributed by atoms with van der Waals surface area (Å²) in [6.45, 7) is 7.19. The highest BCUT2D eigenvalue weighted by Gasteiger charge is 2.25. The number of nitrogens with one attached hydrogen (secondary N) is 1. The molecule has 2 aromatic rings. The zero-order valence-corrected chi connectivity index (χ0v) is 18.1. The molecule has 156 valence electrons. The zero-order chi connectivity index (χ0) is 18.1. The van der Waals surface area contributed by atoms with Crippen molar-refractivity contribution in [3.63, 3.8) is 0 Å². The molecule has 2 aliphatic rings. The van der Waals surface area contributed by atoms with Crippen molar-refractivity contribution in [2.24, 2.45) is 13.0 Å². The zero-order valence-electron chi connectivity index (χ0n) is 16.4. The largest absolute Gasteiger partial charge is 0.352 e. The Morgan fingerprint density at radius 3 is 2.64 bits per heavy atom. The first kappa shape index (κ1) is 22.6. The van der Waals surface area contributed by atoms with Crippen LogP contribution in [0.5, 0.6) is 0 Å². The minimum atomic E-state index is 0. The molecular weight excluding hydrogens is 401 g/mol. The lowest BCUT2D eigenvalue weighted by molar-refractivity contribution is -0.131. The van der Waals surface area contributed by atoms with Crippen molar-refractivity contribution >= 4 is 47.6 Å². The van der Waals surface area contributed by atoms with E-state index in [-0.39, 0.29) is 24.8 Å². The summed E-state index contributed by atoms with van der Waals surface area (Å²) >= 11 is 0. The van der Waals surface area contributed by atoms with E-state index in [1.807, 2.05) is 25.1 Å². The molecular formula is C18H29Cl2N7O. The second-order valence-corrected chi connectivity index (χ2v) is 7.37. The standard InChI is InChI=1S/C18H27N7O.2ClH/c1-13-21-17-15(12-20-23(17)2)18(22-13)25-9-7-24(8-10-25)16(26)4-3-14-5-6-19-11-14;;/h12,14,19H,3-11H2,1-2H3;2*1H. The number of nitrogens with zero attached hydrogens (tertiary/aromatic N) is 6. The van der Waals surface area contributed by atoms with Gasteiger partial charge < -0.3 is 15.1 Å². The fourth-order valence-electron chi connectivity index (χ4n) is 3.97. The van der Waals surface area contributed by atoms with Crippen LogP contribution in [0.1, 0.15) is 25.1 Å². The summed E-state index contributed by atoms with van der Waals surface area (Å²) in [5, 5.41) is 8.66. The van der Waals surface area contributed by atoms with Crippen LogP contribution in [0.25, 0.3) is 11.0 Å². The second kappa shape index (κ2) is 9.71. The third-order valence-electron chi connectivity index (χ3n) is 5.54. The summed E-state index contributed by atoms with van der Waals surface area (Å²) in [6, 6.07) is 0. The van der Waals surface area contributed by atoms with Gasteiger partial charge in [0.2, 0.25) is 5.91 Å². The van der Waals surface area contributed by atoms with E-state index in [0.29, 0.717) is 18.2 Å². The quantitative estimate of drug-likeness (QED) is 0.793. The van der Waals surface area contributed by atoms with Gasteiger partial charge in [0.25, 0.3) is 0 Å². The molecule has 4 rings (SSSR count). The van der Waals surface area contributed by atoms with Crippen LogP contribution in [0.3, 0.4) is 0 Å². The molecule has 10 heteroatoms. The van der Waals surface area contributed by atoms with E-state index < -0.39 is 0 Å². The van der Waals surface area contributed by atoms with Gasteiger partial charge in [-0.05, 0) is 38.8 Å². The molecule has 4 heterocycles. The fraction of sp³-hybridized carbons (Fsp3) is 0.667. The predicted molar refractivity (Wildman–Crippen MR) is 115 cm³/mol. The Morgan fingerprint density at radius 2 is 1.96 bits per heavy atom. The van der Waals surface area contributed by atoms with Crippen LogP contribution >= 0.6 is 24.8 Å². The monoisotopic (exact) mass is 429 g/mol. The average molecular weight is 430 g/mol. The highest BCUT2D eigenvalue weighted by Crippen LogP contribution is 2.24. The van der Waals surface area contributed by atoms with Gasteiger partial charge in [-0.1, -0.05) is 0 Å². The molecule has 0 radical (unpaired) electrons. The number of rotatable bonds is 4. The highest BCUT2D eigenvalue weighted by atomic mass is 35.5. The Labute approximate surface area is 177 Å². The first-order valence-electron chi connectivity index (χ1n) is 9.51. The smallest absolute Gasteiger partial charge is 0.222 e. The molecule has 1 atom stereocenters. The first-order valence-corrected chi connectivity index (χ1v) is 9.51. The Hall–Kier alpha value is -1.64. The lowest BCUT2D eigenvalue weighted by atomic mass is 10.0. The van der Waals surface area contributed by atoms with Gasteiger partial charge in [-0.3, -0.25) is 9.48 Å². The van der Waals surface area contributed by atoms with Crippen molar-refractivity contribution in [2.45, 2.75) is 26.2 Å². The number of fused-ring (bicyclic) bond motifs is 1. The van der Waals surface area contributed by atoms with Crippen LogP contribution in [0.4, 0.5) is 5.82 Å². The molecule has 0 aliphatic carbocycles. The predicted octanol–water partition coefficient (Wildman–Crippen LogP) is 1.55. The Bertz CT molecular complexity index is 799. The van der Waals surface area contributed by atoms with Gasteiger partial charge in [0.05, 0.1) is 11.6 Å². The van der Waals surface area contributed by atoms with Crippen molar-refractivity contribution in [1.29, 1.82) is 0 Å². The average Bonchev–Trinajstić information content (AvgIpc) is 3.30. The number of aryl methyl sites for hydroxylation is 2. The van der Waals surface area contributed by atoms with Crippen LogP contribution in [-0.2, 0) is 11.8 Å². The number of amides is 1. The number of carbonyl (C=O) groups is 1. The van der Waals surface area contributed by atoms with Gasteiger partial charge in [0, 0.05) is 39.6 Å². The van der Waals surface area contributed by atoms with Gasteiger partial charge in [0.1, 0.15) is 11.6 Å². The third kappa shape index (κ3) is 4.67. The number of hydrogen-bond acceptors (Lipinski definition) is 6. The molecule has 28 heavy (non-hydrogen) atoms. The molecule has 0 bridgehead atoms. The van der Waals surface area contributed by atoms with E-state index >= 15 is 0 Å². The van der Waals surface area contributed by atoms with Crippen molar-refractivity contribution < 1.29 is 4.79 Å². The van der Waals surface area contributed by atoms with Gasteiger partial charge in [-0.15, -0.1) is 24.8 Å².